The van der Waals surface area contributed by atoms with E-state index in [0.717, 1.165) is 25.0 Å². The predicted octanol–water partition coefficient (Wildman–Crippen LogP) is 3.55. The monoisotopic (exact) mass is 353 g/mol. The van der Waals surface area contributed by atoms with E-state index in [1.165, 1.54) is 6.07 Å². The van der Waals surface area contributed by atoms with Crippen molar-refractivity contribution in [2.75, 3.05) is 19.7 Å². The molecule has 1 saturated heterocycles. The first-order valence-electron chi connectivity index (χ1n) is 8.29. The number of carbonyl (C=O) groups is 2. The van der Waals surface area contributed by atoms with E-state index in [1.807, 2.05) is 20.8 Å². The number of halogens is 1. The van der Waals surface area contributed by atoms with Gasteiger partial charge in [-0.1, -0.05) is 0 Å². The summed E-state index contributed by atoms with van der Waals surface area (Å²) in [5.74, 6) is -1.50. The molecule has 1 fully saturated rings. The van der Waals surface area contributed by atoms with Crippen LogP contribution in [-0.4, -0.2) is 47.4 Å². The van der Waals surface area contributed by atoms with Gasteiger partial charge in [0, 0.05) is 19.2 Å². The predicted molar refractivity (Wildman–Crippen MR) is 89.4 cm³/mol. The third-order valence-electron chi connectivity index (χ3n) is 3.91. The Hall–Kier alpha value is -2.31. The molecule has 0 atom stereocenters. The zero-order chi connectivity index (χ0) is 18.6. The zero-order valence-corrected chi connectivity index (χ0v) is 14.8. The number of hydrogen-bond donors (Lipinski definition) is 1. The molecule has 1 aliphatic heterocycles. The molecule has 0 unspecified atom stereocenters. The summed E-state index contributed by atoms with van der Waals surface area (Å²) in [6, 6.07) is 3.37. The standard InChI is InChI=1S/C18H24FNO5/c1-18(2,3)25-17(23)20-8-6-12(7-9-20)11-24-15-10-13(19)4-5-14(15)16(21)22/h4-5,10,12H,6-9,11H2,1-3H3,(H,21,22). The Morgan fingerprint density at radius 1 is 1.28 bits per heavy atom. The van der Waals surface area contributed by atoms with Crippen LogP contribution in [0.25, 0.3) is 0 Å². The number of carbonyl (C=O) groups excluding carboxylic acids is 1. The van der Waals surface area contributed by atoms with Gasteiger partial charge in [0.15, 0.2) is 0 Å². The lowest BCUT2D eigenvalue weighted by Crippen LogP contribution is -2.42. The lowest BCUT2D eigenvalue weighted by molar-refractivity contribution is 0.0164. The third-order valence-corrected chi connectivity index (χ3v) is 3.91. The summed E-state index contributed by atoms with van der Waals surface area (Å²) in [4.78, 5) is 24.8. The number of rotatable bonds is 4. The first kappa shape index (κ1) is 19.0. The summed E-state index contributed by atoms with van der Waals surface area (Å²) in [6.45, 7) is 6.86. The second kappa shape index (κ2) is 7.72. The number of ether oxygens (including phenoxy) is 2. The molecule has 0 bridgehead atoms. The van der Waals surface area contributed by atoms with Gasteiger partial charge in [-0.05, 0) is 51.7 Å². The van der Waals surface area contributed by atoms with Gasteiger partial charge in [0.05, 0.1) is 6.61 Å². The molecule has 0 spiro atoms. The maximum absolute atomic E-state index is 13.3. The zero-order valence-electron chi connectivity index (χ0n) is 14.8. The van der Waals surface area contributed by atoms with Crippen molar-refractivity contribution in [3.05, 3.63) is 29.6 Å². The molecule has 1 heterocycles. The number of carboxylic acids is 1. The summed E-state index contributed by atoms with van der Waals surface area (Å²) in [5, 5.41) is 9.12. The fourth-order valence-electron chi connectivity index (χ4n) is 2.61. The number of aromatic carboxylic acids is 1. The third kappa shape index (κ3) is 5.62. The Morgan fingerprint density at radius 2 is 1.92 bits per heavy atom. The minimum absolute atomic E-state index is 0.0297. The number of piperidine rings is 1. The second-order valence-electron chi connectivity index (χ2n) is 7.17. The minimum atomic E-state index is -1.16. The van der Waals surface area contributed by atoms with Crippen LogP contribution >= 0.6 is 0 Å². The summed E-state index contributed by atoms with van der Waals surface area (Å²) >= 11 is 0. The van der Waals surface area contributed by atoms with Crippen LogP contribution in [0.1, 0.15) is 44.0 Å². The van der Waals surface area contributed by atoms with Gasteiger partial charge in [0.25, 0.3) is 0 Å². The molecule has 0 saturated carbocycles. The van der Waals surface area contributed by atoms with Crippen molar-refractivity contribution in [1.29, 1.82) is 0 Å². The fourth-order valence-corrected chi connectivity index (χ4v) is 2.61. The van der Waals surface area contributed by atoms with Gasteiger partial charge in [-0.15, -0.1) is 0 Å². The second-order valence-corrected chi connectivity index (χ2v) is 7.17. The molecule has 1 amide bonds. The van der Waals surface area contributed by atoms with E-state index in [2.05, 4.69) is 0 Å². The molecule has 0 aromatic heterocycles. The SMILES string of the molecule is CC(C)(C)OC(=O)N1CCC(COc2cc(F)ccc2C(=O)O)CC1. The normalized spacial score (nSPS) is 15.8. The molecule has 6 nitrogen and oxygen atoms in total. The molecular formula is C18H24FNO5. The Balaban J connectivity index is 1.86. The van der Waals surface area contributed by atoms with Crippen molar-refractivity contribution >= 4 is 12.1 Å². The Bertz CT molecular complexity index is 633. The molecule has 0 aliphatic carbocycles. The van der Waals surface area contributed by atoms with E-state index in [9.17, 15) is 14.0 Å². The quantitative estimate of drug-likeness (QED) is 0.896. The van der Waals surface area contributed by atoms with Crippen molar-refractivity contribution in [2.24, 2.45) is 5.92 Å². The smallest absolute Gasteiger partial charge is 0.410 e. The highest BCUT2D eigenvalue weighted by Gasteiger charge is 2.27. The summed E-state index contributed by atoms with van der Waals surface area (Å²) in [6.07, 6.45) is 1.11. The van der Waals surface area contributed by atoms with Gasteiger partial charge in [-0.25, -0.2) is 14.0 Å². The maximum Gasteiger partial charge on any atom is 0.410 e. The molecule has 2 rings (SSSR count). The fraction of sp³-hybridized carbons (Fsp3) is 0.556. The number of hydrogen-bond acceptors (Lipinski definition) is 4. The van der Waals surface area contributed by atoms with E-state index < -0.39 is 17.4 Å². The van der Waals surface area contributed by atoms with Crippen molar-refractivity contribution in [1.82, 2.24) is 4.90 Å². The van der Waals surface area contributed by atoms with Crippen molar-refractivity contribution in [3.8, 4) is 5.75 Å². The highest BCUT2D eigenvalue weighted by atomic mass is 19.1. The molecule has 0 radical (unpaired) electrons. The summed E-state index contributed by atoms with van der Waals surface area (Å²) in [7, 11) is 0. The van der Waals surface area contributed by atoms with Gasteiger partial charge in [0.2, 0.25) is 0 Å². The Labute approximate surface area is 146 Å². The molecule has 25 heavy (non-hydrogen) atoms. The van der Waals surface area contributed by atoms with Gasteiger partial charge >= 0.3 is 12.1 Å². The van der Waals surface area contributed by atoms with Crippen LogP contribution in [0.2, 0.25) is 0 Å². The minimum Gasteiger partial charge on any atom is -0.492 e. The van der Waals surface area contributed by atoms with Gasteiger partial charge < -0.3 is 19.5 Å². The van der Waals surface area contributed by atoms with Crippen LogP contribution in [0.3, 0.4) is 0 Å². The van der Waals surface area contributed by atoms with E-state index >= 15 is 0 Å². The maximum atomic E-state index is 13.3. The van der Waals surface area contributed by atoms with E-state index in [-0.39, 0.29) is 29.9 Å². The molecule has 138 valence electrons. The highest BCUT2D eigenvalue weighted by Crippen LogP contribution is 2.24. The lowest BCUT2D eigenvalue weighted by atomic mass is 9.98. The van der Waals surface area contributed by atoms with Gasteiger partial charge in [0.1, 0.15) is 22.7 Å². The molecular weight excluding hydrogens is 329 g/mol. The van der Waals surface area contributed by atoms with Crippen molar-refractivity contribution in [2.45, 2.75) is 39.2 Å². The van der Waals surface area contributed by atoms with Crippen molar-refractivity contribution < 1.29 is 28.6 Å². The average molecular weight is 353 g/mol. The lowest BCUT2D eigenvalue weighted by Gasteiger charge is -2.33. The first-order valence-corrected chi connectivity index (χ1v) is 8.29. The van der Waals surface area contributed by atoms with Crippen LogP contribution in [0.15, 0.2) is 18.2 Å². The van der Waals surface area contributed by atoms with Crippen molar-refractivity contribution in [3.63, 3.8) is 0 Å². The number of benzene rings is 1. The molecule has 1 aliphatic rings. The number of amides is 1. The Kier molecular flexibility index (Phi) is 5.87. The number of likely N-dealkylation sites (tertiary alicyclic amines) is 1. The number of nitrogens with zero attached hydrogens (tertiary/aromatic N) is 1. The van der Waals surface area contributed by atoms with E-state index in [0.29, 0.717) is 13.1 Å². The molecule has 1 aromatic carbocycles. The van der Waals surface area contributed by atoms with Crippen LogP contribution in [0.5, 0.6) is 5.75 Å². The largest absolute Gasteiger partial charge is 0.492 e. The average Bonchev–Trinajstić information content (AvgIpc) is 2.51. The molecule has 1 N–H and O–H groups in total. The van der Waals surface area contributed by atoms with Crippen LogP contribution < -0.4 is 4.74 Å². The highest BCUT2D eigenvalue weighted by molar-refractivity contribution is 5.90. The Morgan fingerprint density at radius 3 is 2.48 bits per heavy atom. The first-order chi connectivity index (χ1) is 11.7. The number of carboxylic acid groups (broad SMARTS) is 1. The van der Waals surface area contributed by atoms with Crippen LogP contribution in [0, 0.1) is 11.7 Å². The summed E-state index contributed by atoms with van der Waals surface area (Å²) < 4.78 is 24.2. The van der Waals surface area contributed by atoms with Crippen LogP contribution in [-0.2, 0) is 4.74 Å². The van der Waals surface area contributed by atoms with Crippen LogP contribution in [0.4, 0.5) is 9.18 Å². The van der Waals surface area contributed by atoms with E-state index in [4.69, 9.17) is 14.6 Å². The van der Waals surface area contributed by atoms with Gasteiger partial charge in [-0.2, -0.15) is 0 Å². The molecule has 1 aromatic rings. The topological polar surface area (TPSA) is 76.1 Å². The summed E-state index contributed by atoms with van der Waals surface area (Å²) in [5.41, 5.74) is -0.589. The van der Waals surface area contributed by atoms with E-state index in [1.54, 1.807) is 4.90 Å². The van der Waals surface area contributed by atoms with Gasteiger partial charge in [-0.3, -0.25) is 0 Å². The molecule has 7 heteroatoms.